The summed E-state index contributed by atoms with van der Waals surface area (Å²) in [4.78, 5) is 19.6. The first-order valence-corrected chi connectivity index (χ1v) is 10.1. The minimum atomic E-state index is -4.31. The maximum Gasteiger partial charge on any atom is 0.416 e. The molecule has 2 N–H and O–H groups in total. The van der Waals surface area contributed by atoms with Crippen molar-refractivity contribution in [2.45, 2.75) is 26.2 Å². The quantitative estimate of drug-likeness (QED) is 0.649. The fourth-order valence-electron chi connectivity index (χ4n) is 4.06. The molecule has 3 heterocycles. The second-order valence-electron chi connectivity index (χ2n) is 8.07. The van der Waals surface area contributed by atoms with Crippen LogP contribution in [0, 0.1) is 6.92 Å². The van der Waals surface area contributed by atoms with Gasteiger partial charge >= 0.3 is 6.18 Å². The minimum Gasteiger partial charge on any atom is -0.322 e. The summed E-state index contributed by atoms with van der Waals surface area (Å²) >= 11 is 0. The molecule has 0 saturated carbocycles. The van der Waals surface area contributed by atoms with Crippen LogP contribution in [0.15, 0.2) is 53.5 Å². The average molecular weight is 418 g/mol. The Labute approximate surface area is 172 Å². The number of piperazine rings is 1. The van der Waals surface area contributed by atoms with Crippen LogP contribution in [0.3, 0.4) is 0 Å². The molecule has 5 nitrogen and oxygen atoms in total. The highest BCUT2D eigenvalue weighted by molar-refractivity contribution is 5.39. The van der Waals surface area contributed by atoms with Crippen LogP contribution in [0.2, 0.25) is 0 Å². The van der Waals surface area contributed by atoms with Crippen molar-refractivity contribution in [2.75, 3.05) is 26.2 Å². The zero-order chi connectivity index (χ0) is 21.3. The zero-order valence-corrected chi connectivity index (χ0v) is 16.8. The maximum atomic E-state index is 12.9. The number of hydrogen-bond acceptors (Lipinski definition) is 2. The Bertz CT molecular complexity index is 1100. The summed E-state index contributed by atoms with van der Waals surface area (Å²) < 4.78 is 40.3. The third-order valence-corrected chi connectivity index (χ3v) is 5.66. The van der Waals surface area contributed by atoms with Crippen molar-refractivity contribution in [3.8, 4) is 0 Å². The van der Waals surface area contributed by atoms with E-state index in [2.05, 4.69) is 4.98 Å². The molecule has 0 bridgehead atoms. The number of halogens is 3. The van der Waals surface area contributed by atoms with Gasteiger partial charge < -0.3 is 9.80 Å². The Kier molecular flexibility index (Phi) is 5.62. The van der Waals surface area contributed by atoms with E-state index in [1.807, 2.05) is 19.1 Å². The number of pyridine rings is 1. The number of hydrogen-bond donors (Lipinski definition) is 2. The molecule has 0 amide bonds. The molecule has 2 aromatic heterocycles. The number of fused-ring (bicyclic) bond motifs is 1. The van der Waals surface area contributed by atoms with Crippen molar-refractivity contribution >= 4 is 5.65 Å². The number of alkyl halides is 3. The number of quaternary nitrogens is 2. The summed E-state index contributed by atoms with van der Waals surface area (Å²) in [5, 5.41) is 0. The van der Waals surface area contributed by atoms with Gasteiger partial charge in [0.15, 0.2) is 0 Å². The van der Waals surface area contributed by atoms with Gasteiger partial charge in [0.05, 0.1) is 5.56 Å². The molecule has 158 valence electrons. The van der Waals surface area contributed by atoms with E-state index in [0.29, 0.717) is 24.3 Å². The summed E-state index contributed by atoms with van der Waals surface area (Å²) in [6.45, 7) is 6.73. The van der Waals surface area contributed by atoms with E-state index < -0.39 is 11.7 Å². The number of nitrogens with one attached hydrogen (secondary N) is 2. The Morgan fingerprint density at radius 1 is 1.00 bits per heavy atom. The molecule has 0 aliphatic carbocycles. The van der Waals surface area contributed by atoms with Gasteiger partial charge in [0.1, 0.15) is 50.6 Å². The molecule has 0 atom stereocenters. The van der Waals surface area contributed by atoms with E-state index in [0.717, 1.165) is 43.5 Å². The van der Waals surface area contributed by atoms with Crippen LogP contribution in [-0.2, 0) is 19.3 Å². The topological polar surface area (TPSA) is 43.2 Å². The first kappa shape index (κ1) is 20.6. The summed E-state index contributed by atoms with van der Waals surface area (Å²) in [5.74, 6) is 0. The molecule has 0 spiro atoms. The Morgan fingerprint density at radius 3 is 2.40 bits per heavy atom. The van der Waals surface area contributed by atoms with Crippen LogP contribution in [-0.4, -0.2) is 35.6 Å². The summed E-state index contributed by atoms with van der Waals surface area (Å²) in [6.07, 6.45) is -2.52. The summed E-state index contributed by atoms with van der Waals surface area (Å²) in [5.41, 5.74) is 2.48. The van der Waals surface area contributed by atoms with Crippen LogP contribution >= 0.6 is 0 Å². The van der Waals surface area contributed by atoms with Gasteiger partial charge in [-0.25, -0.2) is 4.98 Å². The molecule has 1 aliphatic heterocycles. The molecule has 0 radical (unpaired) electrons. The van der Waals surface area contributed by atoms with E-state index in [9.17, 15) is 18.0 Å². The second kappa shape index (κ2) is 8.20. The average Bonchev–Trinajstić information content (AvgIpc) is 2.70. The zero-order valence-electron chi connectivity index (χ0n) is 16.8. The van der Waals surface area contributed by atoms with Gasteiger partial charge in [-0.15, -0.1) is 0 Å². The van der Waals surface area contributed by atoms with Gasteiger partial charge in [-0.2, -0.15) is 13.2 Å². The van der Waals surface area contributed by atoms with Crippen LogP contribution < -0.4 is 15.4 Å². The predicted octanol–water partition coefficient (Wildman–Crippen LogP) is 0.505. The van der Waals surface area contributed by atoms with Crippen molar-refractivity contribution in [1.82, 2.24) is 9.38 Å². The van der Waals surface area contributed by atoms with E-state index in [-0.39, 0.29) is 5.56 Å². The molecule has 30 heavy (non-hydrogen) atoms. The molecule has 3 aromatic rings. The lowest BCUT2D eigenvalue weighted by Gasteiger charge is -2.29. The van der Waals surface area contributed by atoms with Gasteiger partial charge in [-0.3, -0.25) is 9.20 Å². The first-order valence-electron chi connectivity index (χ1n) is 10.1. The molecule has 1 aliphatic rings. The van der Waals surface area contributed by atoms with Crippen LogP contribution in [0.1, 0.15) is 22.4 Å². The van der Waals surface area contributed by atoms with Crippen molar-refractivity contribution < 1.29 is 23.0 Å². The lowest BCUT2D eigenvalue weighted by atomic mass is 10.1. The predicted molar refractivity (Wildman–Crippen MR) is 106 cm³/mol. The molecule has 1 saturated heterocycles. The molecule has 1 aromatic carbocycles. The highest BCUT2D eigenvalue weighted by Gasteiger charge is 2.31. The van der Waals surface area contributed by atoms with Crippen LogP contribution in [0.25, 0.3) is 5.65 Å². The van der Waals surface area contributed by atoms with Gasteiger partial charge in [0, 0.05) is 17.8 Å². The van der Waals surface area contributed by atoms with Crippen molar-refractivity contribution in [3.05, 3.63) is 81.4 Å². The number of rotatable bonds is 4. The number of nitrogens with zero attached hydrogens (tertiary/aromatic N) is 2. The molecule has 4 rings (SSSR count). The Balaban J connectivity index is 1.37. The molecular weight excluding hydrogens is 393 g/mol. The molecule has 0 unspecified atom stereocenters. The smallest absolute Gasteiger partial charge is 0.322 e. The van der Waals surface area contributed by atoms with Crippen LogP contribution in [0.4, 0.5) is 13.2 Å². The van der Waals surface area contributed by atoms with Gasteiger partial charge in [0.2, 0.25) is 0 Å². The van der Waals surface area contributed by atoms with E-state index >= 15 is 0 Å². The van der Waals surface area contributed by atoms with E-state index in [4.69, 9.17) is 0 Å². The Morgan fingerprint density at radius 2 is 1.70 bits per heavy atom. The largest absolute Gasteiger partial charge is 0.416 e. The maximum absolute atomic E-state index is 12.9. The lowest BCUT2D eigenvalue weighted by Crippen LogP contribution is -3.27. The third-order valence-electron chi connectivity index (χ3n) is 5.66. The second-order valence-corrected chi connectivity index (χ2v) is 8.07. The standard InChI is InChI=1S/C22H23F3N4O/c1-16-5-6-20-26-19(12-21(30)29(20)13-16)15-28-9-7-27(8-10-28)14-17-3-2-4-18(11-17)22(23,24)25/h2-6,11-13H,7-10,14-15H2,1H3/p+2. The van der Waals surface area contributed by atoms with E-state index in [1.54, 1.807) is 22.7 Å². The van der Waals surface area contributed by atoms with E-state index in [1.165, 1.54) is 21.9 Å². The molecular formula is C22H25F3N4O+2. The number of aryl methyl sites for hydroxylation is 1. The van der Waals surface area contributed by atoms with Gasteiger partial charge in [0.25, 0.3) is 5.56 Å². The number of benzene rings is 1. The van der Waals surface area contributed by atoms with Crippen molar-refractivity contribution in [1.29, 1.82) is 0 Å². The highest BCUT2D eigenvalue weighted by Crippen LogP contribution is 2.29. The van der Waals surface area contributed by atoms with Crippen molar-refractivity contribution in [3.63, 3.8) is 0 Å². The van der Waals surface area contributed by atoms with Gasteiger partial charge in [-0.1, -0.05) is 18.2 Å². The molecule has 1 fully saturated rings. The minimum absolute atomic E-state index is 0.0769. The first-order chi connectivity index (χ1) is 14.3. The summed E-state index contributed by atoms with van der Waals surface area (Å²) in [7, 11) is 0. The van der Waals surface area contributed by atoms with Crippen LogP contribution in [0.5, 0.6) is 0 Å². The SMILES string of the molecule is Cc1ccc2nc(C[NH+]3CC[NH+](Cc4cccc(C(F)(F)F)c4)CC3)cc(=O)n2c1. The fraction of sp³-hybridized carbons (Fsp3) is 0.364. The lowest BCUT2D eigenvalue weighted by molar-refractivity contribution is -1.02. The monoisotopic (exact) mass is 418 g/mol. The normalized spacial score (nSPS) is 19.9. The third kappa shape index (κ3) is 4.71. The number of aromatic nitrogens is 2. The van der Waals surface area contributed by atoms with Gasteiger partial charge in [-0.05, 0) is 30.7 Å². The molecule has 8 heteroatoms. The Hall–Kier alpha value is -2.71. The highest BCUT2D eigenvalue weighted by atomic mass is 19.4. The summed E-state index contributed by atoms with van der Waals surface area (Å²) in [6, 6.07) is 11.0. The van der Waals surface area contributed by atoms with Crippen molar-refractivity contribution in [2.24, 2.45) is 0 Å². The fourth-order valence-corrected chi connectivity index (χ4v) is 4.06.